The number of Topliss-reactive ketones (excluding diaryl/α,β-unsaturated/α-hetero) is 1. The molecule has 1 aromatic carbocycles. The van der Waals surface area contributed by atoms with Crippen molar-refractivity contribution < 1.29 is 4.79 Å². The van der Waals surface area contributed by atoms with E-state index in [2.05, 4.69) is 29.6 Å². The normalized spacial score (nSPS) is 11.2. The van der Waals surface area contributed by atoms with Crippen molar-refractivity contribution in [1.82, 2.24) is 13.5 Å². The number of aromatic nitrogens is 3. The Morgan fingerprint density at radius 1 is 1.21 bits per heavy atom. The van der Waals surface area contributed by atoms with Crippen molar-refractivity contribution in [2.45, 2.75) is 26.8 Å². The molecule has 0 N–H and O–H groups in total. The molecule has 0 aliphatic carbocycles. The number of carbonyl (C=O) groups excluding carboxylic acids is 1. The van der Waals surface area contributed by atoms with E-state index in [0.29, 0.717) is 30.2 Å². The van der Waals surface area contributed by atoms with Crippen molar-refractivity contribution in [3.8, 4) is 11.1 Å². The summed E-state index contributed by atoms with van der Waals surface area (Å²) in [5.41, 5.74) is 4.18. The second-order valence-corrected chi connectivity index (χ2v) is 8.86. The molecule has 0 saturated heterocycles. The number of anilines is 1. The summed E-state index contributed by atoms with van der Waals surface area (Å²) in [4.78, 5) is 31.0. The summed E-state index contributed by atoms with van der Waals surface area (Å²) in [7, 11) is 0. The summed E-state index contributed by atoms with van der Waals surface area (Å²) in [5, 5.41) is 1.54. The number of rotatable bonds is 8. The Labute approximate surface area is 203 Å². The molecule has 4 aromatic rings. The van der Waals surface area contributed by atoms with Crippen molar-refractivity contribution in [3.05, 3.63) is 82.0 Å². The van der Waals surface area contributed by atoms with E-state index < -0.39 is 0 Å². The topological polar surface area (TPSA) is 60.1 Å². The molecule has 170 valence electrons. The van der Waals surface area contributed by atoms with Crippen molar-refractivity contribution in [2.24, 2.45) is 0 Å². The highest BCUT2D eigenvalue weighted by Crippen LogP contribution is 2.32. The van der Waals surface area contributed by atoms with Crippen molar-refractivity contribution >= 4 is 46.9 Å². The number of thiol groups is 1. The third-order valence-corrected chi connectivity index (χ3v) is 6.18. The monoisotopic (exact) mass is 480 g/mol. The lowest BCUT2D eigenvalue weighted by molar-refractivity contribution is -0.116. The van der Waals surface area contributed by atoms with Crippen LogP contribution in [-0.4, -0.2) is 32.4 Å². The number of ketones is 1. The number of fused-ring (bicyclic) bond motifs is 1. The summed E-state index contributed by atoms with van der Waals surface area (Å²) >= 11 is 10.6. The average molecular weight is 481 g/mol. The quantitative estimate of drug-likeness (QED) is 0.358. The van der Waals surface area contributed by atoms with Gasteiger partial charge < -0.3 is 9.47 Å². The maximum Gasteiger partial charge on any atom is 0.251 e. The lowest BCUT2D eigenvalue weighted by atomic mass is 10.1. The van der Waals surface area contributed by atoms with Gasteiger partial charge in [0.2, 0.25) is 0 Å². The van der Waals surface area contributed by atoms with Crippen LogP contribution in [0.4, 0.5) is 5.69 Å². The van der Waals surface area contributed by atoms with E-state index in [-0.39, 0.29) is 11.3 Å². The van der Waals surface area contributed by atoms with Gasteiger partial charge in [-0.05, 0) is 49.2 Å². The maximum absolute atomic E-state index is 12.9. The van der Waals surface area contributed by atoms with Gasteiger partial charge in [-0.15, -0.1) is 0 Å². The van der Waals surface area contributed by atoms with Crippen LogP contribution in [0.5, 0.6) is 0 Å². The molecule has 0 fully saturated rings. The second kappa shape index (κ2) is 9.85. The highest BCUT2D eigenvalue weighted by Gasteiger charge is 2.15. The number of carbonyl (C=O) groups is 1. The van der Waals surface area contributed by atoms with Gasteiger partial charge in [0.15, 0.2) is 5.65 Å². The first kappa shape index (κ1) is 23.1. The van der Waals surface area contributed by atoms with Gasteiger partial charge in [-0.1, -0.05) is 36.5 Å². The molecular weight excluding hydrogens is 456 g/mol. The highest BCUT2D eigenvalue weighted by atomic mass is 35.5. The SMILES string of the molecule is CCN(CCC(C)=O)c1cnc2c(c1)c(-c1ccn(Cc3cccc(Cl)c3)c(=O)c1)cn2S. The first-order valence-electron chi connectivity index (χ1n) is 10.8. The van der Waals surface area contributed by atoms with E-state index >= 15 is 0 Å². The van der Waals surface area contributed by atoms with Gasteiger partial charge in [-0.25, -0.2) is 4.98 Å². The van der Waals surface area contributed by atoms with Crippen molar-refractivity contribution in [2.75, 3.05) is 18.0 Å². The third kappa shape index (κ3) is 5.15. The Morgan fingerprint density at radius 2 is 2.03 bits per heavy atom. The first-order valence-corrected chi connectivity index (χ1v) is 11.5. The minimum atomic E-state index is -0.103. The molecule has 3 aromatic heterocycles. The third-order valence-electron chi connectivity index (χ3n) is 5.64. The van der Waals surface area contributed by atoms with E-state index in [1.165, 1.54) is 0 Å². The van der Waals surface area contributed by atoms with Crippen LogP contribution in [0.1, 0.15) is 25.8 Å². The van der Waals surface area contributed by atoms with E-state index in [1.54, 1.807) is 33.9 Å². The van der Waals surface area contributed by atoms with Crippen molar-refractivity contribution in [1.29, 1.82) is 0 Å². The minimum Gasteiger partial charge on any atom is -0.370 e. The molecule has 0 bridgehead atoms. The van der Waals surface area contributed by atoms with Crippen LogP contribution < -0.4 is 10.5 Å². The maximum atomic E-state index is 12.9. The molecular formula is C25H25ClN4O2S. The lowest BCUT2D eigenvalue weighted by Gasteiger charge is -2.22. The molecule has 3 heterocycles. The Balaban J connectivity index is 1.69. The van der Waals surface area contributed by atoms with Crippen LogP contribution in [0.2, 0.25) is 5.02 Å². The van der Waals surface area contributed by atoms with E-state index in [1.807, 2.05) is 42.6 Å². The van der Waals surface area contributed by atoms with E-state index in [0.717, 1.165) is 34.3 Å². The number of pyridine rings is 2. The first-order chi connectivity index (χ1) is 15.9. The molecule has 0 aliphatic heterocycles. The van der Waals surface area contributed by atoms with Crippen LogP contribution in [0.3, 0.4) is 0 Å². The molecule has 0 saturated carbocycles. The van der Waals surface area contributed by atoms with Crippen molar-refractivity contribution in [3.63, 3.8) is 0 Å². The Hall–Kier alpha value is -3.03. The van der Waals surface area contributed by atoms with Crippen LogP contribution in [0, 0.1) is 0 Å². The van der Waals surface area contributed by atoms with Gasteiger partial charge in [-0.2, -0.15) is 0 Å². The fourth-order valence-corrected chi connectivity index (χ4v) is 4.37. The Morgan fingerprint density at radius 3 is 2.73 bits per heavy atom. The van der Waals surface area contributed by atoms with Gasteiger partial charge in [0, 0.05) is 53.9 Å². The fourth-order valence-electron chi connectivity index (χ4n) is 3.88. The second-order valence-electron chi connectivity index (χ2n) is 8.00. The molecule has 0 amide bonds. The molecule has 33 heavy (non-hydrogen) atoms. The summed E-state index contributed by atoms with van der Waals surface area (Å²) in [6, 6.07) is 13.1. The number of benzene rings is 1. The molecule has 6 nitrogen and oxygen atoms in total. The van der Waals surface area contributed by atoms with Gasteiger partial charge >= 0.3 is 0 Å². The molecule has 0 spiro atoms. The average Bonchev–Trinajstić information content (AvgIpc) is 3.11. The van der Waals surface area contributed by atoms with Gasteiger partial charge in [-0.3, -0.25) is 13.6 Å². The zero-order valence-corrected chi connectivity index (χ0v) is 20.2. The number of halogens is 1. The predicted octanol–water partition coefficient (Wildman–Crippen LogP) is 5.07. The summed E-state index contributed by atoms with van der Waals surface area (Å²) in [5.74, 6) is 0.156. The zero-order chi connectivity index (χ0) is 23.5. The smallest absolute Gasteiger partial charge is 0.251 e. The highest BCUT2D eigenvalue weighted by molar-refractivity contribution is 7.78. The van der Waals surface area contributed by atoms with E-state index in [9.17, 15) is 9.59 Å². The van der Waals surface area contributed by atoms with Gasteiger partial charge in [0.25, 0.3) is 5.56 Å². The summed E-state index contributed by atoms with van der Waals surface area (Å²) in [6.45, 7) is 5.49. The molecule has 0 unspecified atom stereocenters. The summed E-state index contributed by atoms with van der Waals surface area (Å²) < 4.78 is 3.32. The summed E-state index contributed by atoms with van der Waals surface area (Å²) in [6.07, 6.45) is 5.94. The van der Waals surface area contributed by atoms with Crippen LogP contribution in [0.25, 0.3) is 22.2 Å². The van der Waals surface area contributed by atoms with Gasteiger partial charge in [0.05, 0.1) is 18.4 Å². The molecule has 4 rings (SSSR count). The number of hydrogen-bond donors (Lipinski definition) is 1. The minimum absolute atomic E-state index is 0.103. The molecule has 0 radical (unpaired) electrons. The predicted molar refractivity (Wildman–Crippen MR) is 138 cm³/mol. The molecule has 8 heteroatoms. The molecule has 0 atom stereocenters. The lowest BCUT2D eigenvalue weighted by Crippen LogP contribution is -2.25. The van der Waals surface area contributed by atoms with Crippen LogP contribution >= 0.6 is 24.4 Å². The Kier molecular flexibility index (Phi) is 6.91. The number of hydrogen-bond acceptors (Lipinski definition) is 5. The standard InChI is InChI=1S/C25H25ClN4O2S/c1-3-28(9-7-17(2)31)21-13-22-23(16-30(33)25(22)27-14-21)19-8-10-29(24(32)12-19)15-18-5-4-6-20(26)11-18/h4-6,8,10-14,16,33H,3,7,9,15H2,1-2H3. The van der Waals surface area contributed by atoms with Crippen LogP contribution in [0.15, 0.2) is 65.8 Å². The van der Waals surface area contributed by atoms with E-state index in [4.69, 9.17) is 11.6 Å². The number of nitrogens with zero attached hydrogens (tertiary/aromatic N) is 4. The zero-order valence-electron chi connectivity index (χ0n) is 18.5. The van der Waals surface area contributed by atoms with Crippen LogP contribution in [-0.2, 0) is 11.3 Å². The molecule has 0 aliphatic rings. The van der Waals surface area contributed by atoms with Gasteiger partial charge in [0.1, 0.15) is 5.78 Å². The Bertz CT molecular complexity index is 1380. The fraction of sp³-hybridized carbons (Fsp3) is 0.240. The largest absolute Gasteiger partial charge is 0.370 e.